The van der Waals surface area contributed by atoms with Crippen molar-refractivity contribution in [3.63, 3.8) is 0 Å². The number of benzene rings is 1. The third kappa shape index (κ3) is 3.33. The van der Waals surface area contributed by atoms with Gasteiger partial charge in [0.1, 0.15) is 0 Å². The number of rotatable bonds is 3. The van der Waals surface area contributed by atoms with Crippen LogP contribution in [0.1, 0.15) is 5.56 Å². The predicted molar refractivity (Wildman–Crippen MR) is 48.7 cm³/mol. The Hall–Kier alpha value is -0.511. The van der Waals surface area contributed by atoms with Crippen LogP contribution in [0.25, 0.3) is 0 Å². The van der Waals surface area contributed by atoms with Crippen LogP contribution < -0.4 is 4.46 Å². The molecule has 0 N–H and O–H groups in total. The molecule has 0 aliphatic rings. The third-order valence-electron chi connectivity index (χ3n) is 1.50. The van der Waals surface area contributed by atoms with Gasteiger partial charge in [0.15, 0.2) is 0 Å². The third-order valence-corrected chi connectivity index (χ3v) is 3.48. The van der Waals surface area contributed by atoms with Crippen LogP contribution in [0.3, 0.4) is 0 Å². The first-order chi connectivity index (χ1) is 6.54. The van der Waals surface area contributed by atoms with Crippen molar-refractivity contribution in [1.29, 1.82) is 0 Å². The summed E-state index contributed by atoms with van der Waals surface area (Å²) in [5.74, 6) is 0. The molecule has 0 bridgehead atoms. The van der Waals surface area contributed by atoms with Crippen LogP contribution in [-0.2, 0) is 10.9 Å². The summed E-state index contributed by atoms with van der Waals surface area (Å²) in [6, 6.07) is 5.37. The number of ether oxygens (including phenoxy) is 1. The zero-order valence-corrected chi connectivity index (χ0v) is 9.18. The Morgan fingerprint density at radius 1 is 1.36 bits per heavy atom. The van der Waals surface area contributed by atoms with E-state index < -0.39 is 11.7 Å². The molecule has 0 fully saturated rings. The van der Waals surface area contributed by atoms with E-state index in [4.69, 9.17) is 4.74 Å². The Morgan fingerprint density at radius 3 is 2.64 bits per heavy atom. The Kier molecular flexibility index (Phi) is 3.98. The SMILES string of the molecule is COC[Se]c1cccc(C(F)(F)F)c1. The molecule has 0 unspecified atom stereocenters. The van der Waals surface area contributed by atoms with Crippen molar-refractivity contribution in [2.24, 2.45) is 0 Å². The van der Waals surface area contributed by atoms with E-state index in [1.54, 1.807) is 6.07 Å². The molecule has 1 nitrogen and oxygen atoms in total. The maximum atomic E-state index is 12.3. The van der Waals surface area contributed by atoms with Gasteiger partial charge in [0.05, 0.1) is 0 Å². The van der Waals surface area contributed by atoms with Gasteiger partial charge in [-0.15, -0.1) is 0 Å². The standard InChI is InChI=1S/C9H9F3OSe/c1-13-6-14-8-4-2-3-7(5-8)9(10,11)12/h2-5H,6H2,1H3. The zero-order chi connectivity index (χ0) is 10.6. The minimum atomic E-state index is -4.25. The quantitative estimate of drug-likeness (QED) is 0.758. The van der Waals surface area contributed by atoms with Crippen molar-refractivity contribution >= 4 is 19.4 Å². The second-order valence-corrected chi connectivity index (χ2v) is 4.67. The predicted octanol–water partition coefficient (Wildman–Crippen LogP) is 1.64. The van der Waals surface area contributed by atoms with Crippen molar-refractivity contribution in [3.05, 3.63) is 29.8 Å². The second kappa shape index (κ2) is 4.82. The van der Waals surface area contributed by atoms with Gasteiger partial charge in [0.25, 0.3) is 0 Å². The van der Waals surface area contributed by atoms with E-state index in [0.717, 1.165) is 6.07 Å². The van der Waals surface area contributed by atoms with Gasteiger partial charge in [0.2, 0.25) is 0 Å². The van der Waals surface area contributed by atoms with E-state index in [-0.39, 0.29) is 15.0 Å². The van der Waals surface area contributed by atoms with Gasteiger partial charge in [-0.2, -0.15) is 0 Å². The molecule has 0 aromatic heterocycles. The van der Waals surface area contributed by atoms with Crippen LogP contribution in [0.4, 0.5) is 13.2 Å². The zero-order valence-electron chi connectivity index (χ0n) is 7.47. The molecule has 1 rings (SSSR count). The van der Waals surface area contributed by atoms with Crippen molar-refractivity contribution in [2.75, 3.05) is 12.6 Å². The van der Waals surface area contributed by atoms with E-state index in [1.807, 2.05) is 0 Å². The van der Waals surface area contributed by atoms with Crippen LogP contribution in [0, 0.1) is 0 Å². The van der Waals surface area contributed by atoms with Gasteiger partial charge in [0, 0.05) is 0 Å². The molecule has 0 aliphatic heterocycles. The number of hydrogen-bond acceptors (Lipinski definition) is 1. The first kappa shape index (κ1) is 11.6. The molecular weight excluding hydrogens is 260 g/mol. The molecule has 0 radical (unpaired) electrons. The fraction of sp³-hybridized carbons (Fsp3) is 0.333. The van der Waals surface area contributed by atoms with Crippen molar-refractivity contribution in [3.8, 4) is 0 Å². The molecule has 0 amide bonds. The molecule has 0 heterocycles. The normalized spacial score (nSPS) is 11.7. The van der Waals surface area contributed by atoms with E-state index in [0.29, 0.717) is 9.97 Å². The fourth-order valence-electron chi connectivity index (χ4n) is 0.889. The van der Waals surface area contributed by atoms with E-state index in [2.05, 4.69) is 0 Å². The van der Waals surface area contributed by atoms with Crippen LogP contribution in [0.2, 0.25) is 0 Å². The molecule has 0 atom stereocenters. The van der Waals surface area contributed by atoms with Gasteiger partial charge < -0.3 is 0 Å². The first-order valence-corrected chi connectivity index (χ1v) is 5.90. The Labute approximate surface area is 86.4 Å². The molecule has 0 aliphatic carbocycles. The van der Waals surface area contributed by atoms with Crippen LogP contribution in [-0.4, -0.2) is 27.6 Å². The summed E-state index contributed by atoms with van der Waals surface area (Å²) in [5, 5.41) is 0. The van der Waals surface area contributed by atoms with Gasteiger partial charge >= 0.3 is 85.9 Å². The van der Waals surface area contributed by atoms with Crippen LogP contribution in [0.5, 0.6) is 0 Å². The average Bonchev–Trinajstić information content (AvgIpc) is 2.14. The van der Waals surface area contributed by atoms with E-state index in [9.17, 15) is 13.2 Å². The molecule has 1 aromatic carbocycles. The molecular formula is C9H9F3OSe. The summed E-state index contributed by atoms with van der Waals surface area (Å²) in [7, 11) is 1.54. The summed E-state index contributed by atoms with van der Waals surface area (Å²) < 4.78 is 42.3. The summed E-state index contributed by atoms with van der Waals surface area (Å²) in [5.41, 5.74) is -0.0955. The fourth-order valence-corrected chi connectivity index (χ4v) is 2.23. The van der Waals surface area contributed by atoms with Gasteiger partial charge in [-0.1, -0.05) is 0 Å². The number of halogens is 3. The monoisotopic (exact) mass is 270 g/mol. The molecule has 14 heavy (non-hydrogen) atoms. The number of methoxy groups -OCH3 is 1. The topological polar surface area (TPSA) is 9.23 Å². The molecule has 0 spiro atoms. The van der Waals surface area contributed by atoms with Gasteiger partial charge in [-0.05, 0) is 0 Å². The first-order valence-electron chi connectivity index (χ1n) is 3.83. The van der Waals surface area contributed by atoms with Crippen LogP contribution in [0.15, 0.2) is 24.3 Å². The molecule has 0 saturated carbocycles. The summed E-state index contributed by atoms with van der Waals surface area (Å²) in [6.45, 7) is 0. The van der Waals surface area contributed by atoms with Crippen molar-refractivity contribution in [1.82, 2.24) is 0 Å². The number of hydrogen-bond donors (Lipinski definition) is 0. The molecule has 5 heteroatoms. The molecule has 0 saturated heterocycles. The maximum absolute atomic E-state index is 12.3. The number of alkyl halides is 3. The van der Waals surface area contributed by atoms with Crippen LogP contribution >= 0.6 is 0 Å². The Balaban J connectivity index is 2.79. The summed E-state index contributed by atoms with van der Waals surface area (Å²) in [4.78, 5) is 0. The second-order valence-electron chi connectivity index (χ2n) is 2.58. The Bertz CT molecular complexity index is 298. The molecule has 1 aromatic rings. The van der Waals surface area contributed by atoms with Crippen molar-refractivity contribution < 1.29 is 17.9 Å². The van der Waals surface area contributed by atoms with Gasteiger partial charge in [-0.3, -0.25) is 0 Å². The van der Waals surface area contributed by atoms with E-state index >= 15 is 0 Å². The van der Waals surface area contributed by atoms with Gasteiger partial charge in [-0.25, -0.2) is 0 Å². The minimum absolute atomic E-state index is 0.0456. The average molecular weight is 269 g/mol. The Morgan fingerprint density at radius 2 is 2.07 bits per heavy atom. The van der Waals surface area contributed by atoms with E-state index in [1.165, 1.54) is 19.2 Å². The van der Waals surface area contributed by atoms with Crippen molar-refractivity contribution in [2.45, 2.75) is 6.18 Å². The summed E-state index contributed by atoms with van der Waals surface area (Å²) in [6.07, 6.45) is -4.25. The molecule has 78 valence electrons. The summed E-state index contributed by atoms with van der Waals surface area (Å²) >= 11 is -0.0456.